The van der Waals surface area contributed by atoms with Crippen LogP contribution in [0.2, 0.25) is 0 Å². The van der Waals surface area contributed by atoms with E-state index in [2.05, 4.69) is 5.32 Å². The van der Waals surface area contributed by atoms with Crippen LogP contribution in [0.4, 0.5) is 4.79 Å². The average Bonchev–Trinajstić information content (AvgIpc) is 2.43. The maximum Gasteiger partial charge on any atom is 0.317 e. The number of urea groups is 1. The van der Waals surface area contributed by atoms with Gasteiger partial charge in [-0.2, -0.15) is 0 Å². The number of hydrogen-bond donors (Lipinski definition) is 1. The van der Waals surface area contributed by atoms with E-state index >= 15 is 0 Å². The minimum absolute atomic E-state index is 0.0805. The normalized spacial score (nSPS) is 9.95. The first-order chi connectivity index (χ1) is 9.50. The monoisotopic (exact) mass is 277 g/mol. The van der Waals surface area contributed by atoms with Crippen LogP contribution in [-0.4, -0.2) is 49.4 Å². The Hall–Kier alpha value is -2.04. The molecule has 0 aliphatic heterocycles. The highest BCUT2D eigenvalue weighted by Crippen LogP contribution is 2.02. The molecule has 0 saturated carbocycles. The third-order valence-corrected chi connectivity index (χ3v) is 2.95. The Morgan fingerprint density at radius 3 is 2.35 bits per heavy atom. The van der Waals surface area contributed by atoms with Gasteiger partial charge in [-0.15, -0.1) is 0 Å². The van der Waals surface area contributed by atoms with E-state index in [1.807, 2.05) is 30.3 Å². The van der Waals surface area contributed by atoms with Gasteiger partial charge in [0.25, 0.3) is 0 Å². The van der Waals surface area contributed by atoms with Gasteiger partial charge in [0.05, 0.1) is 0 Å². The lowest BCUT2D eigenvalue weighted by Gasteiger charge is -2.18. The summed E-state index contributed by atoms with van der Waals surface area (Å²) in [5.41, 5.74) is 1.09. The molecule has 0 saturated heterocycles. The number of benzene rings is 1. The number of carbonyl (C=O) groups excluding carboxylic acids is 2. The lowest BCUT2D eigenvalue weighted by molar-refractivity contribution is -0.128. The molecule has 0 aliphatic rings. The van der Waals surface area contributed by atoms with Crippen LogP contribution in [0.25, 0.3) is 0 Å². The highest BCUT2D eigenvalue weighted by Gasteiger charge is 2.09. The molecule has 0 aromatic heterocycles. The molecule has 1 aromatic carbocycles. The van der Waals surface area contributed by atoms with Crippen LogP contribution in [-0.2, 0) is 11.3 Å². The van der Waals surface area contributed by atoms with Gasteiger partial charge in [0.2, 0.25) is 5.91 Å². The molecule has 0 heterocycles. The number of nitrogens with zero attached hydrogens (tertiary/aromatic N) is 2. The molecule has 1 N–H and O–H groups in total. The largest absolute Gasteiger partial charge is 0.349 e. The zero-order valence-corrected chi connectivity index (χ0v) is 12.4. The second-order valence-corrected chi connectivity index (χ2v) is 4.97. The Morgan fingerprint density at radius 2 is 1.75 bits per heavy atom. The predicted octanol–water partition coefficient (Wildman–Crippen LogP) is 1.70. The molecule has 5 nitrogen and oxygen atoms in total. The predicted molar refractivity (Wildman–Crippen MR) is 79.2 cm³/mol. The smallest absolute Gasteiger partial charge is 0.317 e. The molecule has 3 amide bonds. The van der Waals surface area contributed by atoms with E-state index in [1.54, 1.807) is 30.9 Å². The van der Waals surface area contributed by atoms with Gasteiger partial charge < -0.3 is 15.1 Å². The molecule has 0 atom stereocenters. The summed E-state index contributed by atoms with van der Waals surface area (Å²) in [6.07, 6.45) is 1.11. The zero-order valence-electron chi connectivity index (χ0n) is 12.4. The van der Waals surface area contributed by atoms with E-state index < -0.39 is 0 Å². The molecular formula is C15H23N3O2. The van der Waals surface area contributed by atoms with Crippen LogP contribution in [0.3, 0.4) is 0 Å². The number of amides is 3. The SMILES string of the molecule is CN(C)C(=O)CCCNC(=O)N(C)Cc1ccccc1. The van der Waals surface area contributed by atoms with Crippen molar-refractivity contribution < 1.29 is 9.59 Å². The molecule has 1 rings (SSSR count). The summed E-state index contributed by atoms with van der Waals surface area (Å²) >= 11 is 0. The van der Waals surface area contributed by atoms with E-state index in [0.717, 1.165) is 5.56 Å². The Balaban J connectivity index is 2.24. The second-order valence-electron chi connectivity index (χ2n) is 4.97. The summed E-state index contributed by atoms with van der Waals surface area (Å²) in [7, 11) is 5.22. The summed E-state index contributed by atoms with van der Waals surface area (Å²) in [5, 5.41) is 2.81. The molecule has 0 unspecified atom stereocenters. The van der Waals surface area contributed by atoms with Crippen LogP contribution in [0.1, 0.15) is 18.4 Å². The fraction of sp³-hybridized carbons (Fsp3) is 0.467. The molecule has 0 spiro atoms. The summed E-state index contributed by atoms with van der Waals surface area (Å²) in [4.78, 5) is 26.4. The van der Waals surface area contributed by atoms with Crippen molar-refractivity contribution in [3.8, 4) is 0 Å². The molecule has 1 aromatic rings. The third-order valence-electron chi connectivity index (χ3n) is 2.95. The van der Waals surface area contributed by atoms with Crippen LogP contribution in [0.15, 0.2) is 30.3 Å². The lowest BCUT2D eigenvalue weighted by Crippen LogP contribution is -2.37. The fourth-order valence-electron chi connectivity index (χ4n) is 1.72. The number of rotatable bonds is 6. The quantitative estimate of drug-likeness (QED) is 0.805. The lowest BCUT2D eigenvalue weighted by atomic mass is 10.2. The molecule has 0 aliphatic carbocycles. The Kier molecular flexibility index (Phi) is 6.56. The van der Waals surface area contributed by atoms with Gasteiger partial charge in [-0.25, -0.2) is 4.79 Å². The molecule has 0 bridgehead atoms. The van der Waals surface area contributed by atoms with E-state index in [1.165, 1.54) is 0 Å². The van der Waals surface area contributed by atoms with Crippen LogP contribution in [0.5, 0.6) is 0 Å². The summed E-state index contributed by atoms with van der Waals surface area (Å²) < 4.78 is 0. The highest BCUT2D eigenvalue weighted by molar-refractivity contribution is 5.76. The standard InChI is InChI=1S/C15H23N3O2/c1-17(2)14(19)10-7-11-16-15(20)18(3)12-13-8-5-4-6-9-13/h4-6,8-9H,7,10-12H2,1-3H3,(H,16,20). The second kappa shape index (κ2) is 8.19. The van der Waals surface area contributed by atoms with Crippen molar-refractivity contribution in [2.75, 3.05) is 27.7 Å². The van der Waals surface area contributed by atoms with Crippen LogP contribution in [0, 0.1) is 0 Å². The fourth-order valence-corrected chi connectivity index (χ4v) is 1.72. The van der Waals surface area contributed by atoms with Gasteiger partial charge in [0.1, 0.15) is 0 Å². The van der Waals surface area contributed by atoms with Gasteiger partial charge in [0, 0.05) is 40.7 Å². The number of carbonyl (C=O) groups is 2. The number of hydrogen-bond acceptors (Lipinski definition) is 2. The summed E-state index contributed by atoms with van der Waals surface area (Å²) in [5.74, 6) is 0.0805. The first kappa shape index (κ1) is 16.0. The van der Waals surface area contributed by atoms with Gasteiger partial charge in [-0.3, -0.25) is 4.79 Å². The first-order valence-corrected chi connectivity index (χ1v) is 6.73. The molecule has 0 fully saturated rings. The van der Waals surface area contributed by atoms with E-state index in [-0.39, 0.29) is 11.9 Å². The van der Waals surface area contributed by atoms with Crippen molar-refractivity contribution in [2.45, 2.75) is 19.4 Å². The van der Waals surface area contributed by atoms with Crippen molar-refractivity contribution in [3.63, 3.8) is 0 Å². The summed E-state index contributed by atoms with van der Waals surface area (Å²) in [6.45, 7) is 1.08. The van der Waals surface area contributed by atoms with Crippen LogP contribution >= 0.6 is 0 Å². The van der Waals surface area contributed by atoms with Crippen molar-refractivity contribution in [1.82, 2.24) is 15.1 Å². The van der Waals surface area contributed by atoms with Gasteiger partial charge >= 0.3 is 6.03 Å². The van der Waals surface area contributed by atoms with E-state index in [4.69, 9.17) is 0 Å². The average molecular weight is 277 g/mol. The molecule has 110 valence electrons. The minimum Gasteiger partial charge on any atom is -0.349 e. The zero-order chi connectivity index (χ0) is 15.0. The summed E-state index contributed by atoms with van der Waals surface area (Å²) in [6, 6.07) is 9.71. The number of nitrogens with one attached hydrogen (secondary N) is 1. The van der Waals surface area contributed by atoms with Crippen molar-refractivity contribution >= 4 is 11.9 Å². The van der Waals surface area contributed by atoms with Crippen molar-refractivity contribution in [3.05, 3.63) is 35.9 Å². The van der Waals surface area contributed by atoms with Gasteiger partial charge in [0.15, 0.2) is 0 Å². The van der Waals surface area contributed by atoms with Gasteiger partial charge in [-0.1, -0.05) is 30.3 Å². The molecule has 20 heavy (non-hydrogen) atoms. The minimum atomic E-state index is -0.119. The Bertz CT molecular complexity index is 432. The Morgan fingerprint density at radius 1 is 1.10 bits per heavy atom. The van der Waals surface area contributed by atoms with E-state index in [9.17, 15) is 9.59 Å². The van der Waals surface area contributed by atoms with Crippen molar-refractivity contribution in [2.24, 2.45) is 0 Å². The molecule has 0 radical (unpaired) electrons. The van der Waals surface area contributed by atoms with E-state index in [0.29, 0.717) is 25.9 Å². The Labute approximate surface area is 120 Å². The maximum absolute atomic E-state index is 11.8. The first-order valence-electron chi connectivity index (χ1n) is 6.73. The highest BCUT2D eigenvalue weighted by atomic mass is 16.2. The van der Waals surface area contributed by atoms with Crippen LogP contribution < -0.4 is 5.32 Å². The third kappa shape index (κ3) is 5.73. The molecule has 5 heteroatoms. The topological polar surface area (TPSA) is 52.7 Å². The molecular weight excluding hydrogens is 254 g/mol. The maximum atomic E-state index is 11.8. The van der Waals surface area contributed by atoms with Crippen molar-refractivity contribution in [1.29, 1.82) is 0 Å². The van der Waals surface area contributed by atoms with Gasteiger partial charge in [-0.05, 0) is 12.0 Å².